The number of sulfonamides is 1. The Morgan fingerprint density at radius 3 is 1.82 bits per heavy atom. The van der Waals surface area contributed by atoms with E-state index in [2.05, 4.69) is 33.9 Å². The van der Waals surface area contributed by atoms with Crippen LogP contribution in [0, 0.1) is 0 Å². The van der Waals surface area contributed by atoms with E-state index in [-0.39, 0.29) is 18.5 Å². The van der Waals surface area contributed by atoms with Gasteiger partial charge in [0.2, 0.25) is 15.9 Å². The molecule has 0 radical (unpaired) electrons. The lowest BCUT2D eigenvalue weighted by molar-refractivity contribution is -0.131. The Kier molecular flexibility index (Phi) is 7.90. The van der Waals surface area contributed by atoms with Gasteiger partial charge in [0.1, 0.15) is 0 Å². The highest BCUT2D eigenvalue weighted by Gasteiger charge is 2.28. The molecule has 0 saturated carbocycles. The molecular formula is C27H29N3O3S. The molecule has 0 atom stereocenters. The Morgan fingerprint density at radius 2 is 1.29 bits per heavy atom. The third-order valence-corrected chi connectivity index (χ3v) is 6.97. The molecule has 4 rings (SSSR count). The number of hydrogen-bond donors (Lipinski definition) is 1. The molecule has 0 unspecified atom stereocenters. The SMILES string of the molecule is O=C(CNS(=O)(=O)C=Cc1ccccc1)N1CCN(C(c2ccccc2)c2ccccc2)CC1. The second-order valence-electron chi connectivity index (χ2n) is 8.22. The van der Waals surface area contributed by atoms with Crippen molar-refractivity contribution in [2.75, 3.05) is 32.7 Å². The minimum absolute atomic E-state index is 0.112. The molecule has 1 heterocycles. The number of carbonyl (C=O) groups is 1. The lowest BCUT2D eigenvalue weighted by Gasteiger charge is -2.39. The first-order chi connectivity index (χ1) is 16.5. The van der Waals surface area contributed by atoms with Crippen LogP contribution >= 0.6 is 0 Å². The van der Waals surface area contributed by atoms with Gasteiger partial charge in [0.25, 0.3) is 0 Å². The van der Waals surface area contributed by atoms with Crippen LogP contribution in [0.4, 0.5) is 0 Å². The third kappa shape index (κ3) is 6.41. The van der Waals surface area contributed by atoms with Gasteiger partial charge in [-0.15, -0.1) is 0 Å². The van der Waals surface area contributed by atoms with E-state index in [1.54, 1.807) is 4.90 Å². The zero-order chi connectivity index (χ0) is 23.8. The highest BCUT2D eigenvalue weighted by molar-refractivity contribution is 7.92. The number of carbonyl (C=O) groups excluding carboxylic acids is 1. The Labute approximate surface area is 201 Å². The van der Waals surface area contributed by atoms with E-state index in [1.165, 1.54) is 17.2 Å². The van der Waals surface area contributed by atoms with E-state index in [0.717, 1.165) is 11.0 Å². The Balaban J connectivity index is 1.34. The number of rotatable bonds is 8. The summed E-state index contributed by atoms with van der Waals surface area (Å²) in [6.07, 6.45) is 1.51. The first-order valence-electron chi connectivity index (χ1n) is 11.4. The van der Waals surface area contributed by atoms with Crippen molar-refractivity contribution >= 4 is 22.0 Å². The number of benzene rings is 3. The average Bonchev–Trinajstić information content (AvgIpc) is 2.89. The molecule has 0 spiro atoms. The van der Waals surface area contributed by atoms with Crippen LogP contribution < -0.4 is 4.72 Å². The highest BCUT2D eigenvalue weighted by Crippen LogP contribution is 2.29. The Morgan fingerprint density at radius 1 is 0.794 bits per heavy atom. The molecule has 34 heavy (non-hydrogen) atoms. The van der Waals surface area contributed by atoms with Crippen molar-refractivity contribution < 1.29 is 13.2 Å². The van der Waals surface area contributed by atoms with E-state index < -0.39 is 10.0 Å². The minimum atomic E-state index is -3.70. The van der Waals surface area contributed by atoms with Crippen molar-refractivity contribution in [1.82, 2.24) is 14.5 Å². The maximum absolute atomic E-state index is 12.7. The van der Waals surface area contributed by atoms with Crippen LogP contribution in [-0.2, 0) is 14.8 Å². The maximum Gasteiger partial charge on any atom is 0.237 e. The van der Waals surface area contributed by atoms with Gasteiger partial charge in [-0.25, -0.2) is 13.1 Å². The van der Waals surface area contributed by atoms with Gasteiger partial charge >= 0.3 is 0 Å². The van der Waals surface area contributed by atoms with Crippen LogP contribution in [-0.4, -0.2) is 56.8 Å². The molecule has 1 N–H and O–H groups in total. The van der Waals surface area contributed by atoms with Crippen molar-refractivity contribution in [1.29, 1.82) is 0 Å². The van der Waals surface area contributed by atoms with E-state index in [1.807, 2.05) is 66.7 Å². The predicted octanol–water partition coefficient (Wildman–Crippen LogP) is 3.51. The third-order valence-electron chi connectivity index (χ3n) is 5.93. The molecular weight excluding hydrogens is 446 g/mol. The highest BCUT2D eigenvalue weighted by atomic mass is 32.2. The quantitative estimate of drug-likeness (QED) is 0.541. The van der Waals surface area contributed by atoms with Crippen molar-refractivity contribution in [2.45, 2.75) is 6.04 Å². The van der Waals surface area contributed by atoms with Crippen molar-refractivity contribution in [3.05, 3.63) is 113 Å². The van der Waals surface area contributed by atoms with Gasteiger partial charge in [0, 0.05) is 31.6 Å². The normalized spacial score (nSPS) is 15.1. The summed E-state index contributed by atoms with van der Waals surface area (Å²) in [7, 11) is -3.70. The van der Waals surface area contributed by atoms with Crippen LogP contribution in [0.25, 0.3) is 6.08 Å². The summed E-state index contributed by atoms with van der Waals surface area (Å²) in [4.78, 5) is 16.8. The number of nitrogens with zero attached hydrogens (tertiary/aromatic N) is 2. The van der Waals surface area contributed by atoms with Crippen molar-refractivity contribution in [2.24, 2.45) is 0 Å². The molecule has 1 aliphatic rings. The van der Waals surface area contributed by atoms with Crippen LogP contribution in [0.3, 0.4) is 0 Å². The predicted molar refractivity (Wildman–Crippen MR) is 135 cm³/mol. The molecule has 3 aromatic carbocycles. The fraction of sp³-hybridized carbons (Fsp3) is 0.222. The molecule has 1 saturated heterocycles. The summed E-state index contributed by atoms with van der Waals surface area (Å²) in [5.74, 6) is -0.215. The van der Waals surface area contributed by atoms with Crippen LogP contribution in [0.2, 0.25) is 0 Å². The van der Waals surface area contributed by atoms with Crippen LogP contribution in [0.5, 0.6) is 0 Å². The van der Waals surface area contributed by atoms with Gasteiger partial charge in [-0.05, 0) is 22.8 Å². The molecule has 1 aliphatic heterocycles. The number of hydrogen-bond acceptors (Lipinski definition) is 4. The number of amides is 1. The molecule has 1 amide bonds. The Bertz CT molecular complexity index is 1150. The van der Waals surface area contributed by atoms with Gasteiger partial charge in [0.15, 0.2) is 0 Å². The van der Waals surface area contributed by atoms with Crippen LogP contribution in [0.1, 0.15) is 22.7 Å². The van der Waals surface area contributed by atoms with E-state index in [4.69, 9.17) is 0 Å². The second-order valence-corrected chi connectivity index (χ2v) is 9.87. The fourth-order valence-corrected chi connectivity index (χ4v) is 4.93. The lowest BCUT2D eigenvalue weighted by Crippen LogP contribution is -2.51. The van der Waals surface area contributed by atoms with Gasteiger partial charge in [-0.1, -0.05) is 91.0 Å². The zero-order valence-corrected chi connectivity index (χ0v) is 19.8. The molecule has 6 nitrogen and oxygen atoms in total. The smallest absolute Gasteiger partial charge is 0.237 e. The van der Waals surface area contributed by atoms with Gasteiger partial charge < -0.3 is 4.90 Å². The van der Waals surface area contributed by atoms with E-state index in [0.29, 0.717) is 26.2 Å². The lowest BCUT2D eigenvalue weighted by atomic mass is 9.96. The van der Waals surface area contributed by atoms with Gasteiger partial charge in [-0.2, -0.15) is 0 Å². The standard InChI is InChI=1S/C27H29N3O3S/c31-26(22-28-34(32,33)21-16-23-10-4-1-5-11-23)29-17-19-30(20-18-29)27(24-12-6-2-7-13-24)25-14-8-3-9-15-25/h1-16,21,27-28H,17-20,22H2. The summed E-state index contributed by atoms with van der Waals surface area (Å²) in [6.45, 7) is 2.27. The molecule has 1 fully saturated rings. The second kappa shape index (κ2) is 11.2. The van der Waals surface area contributed by atoms with Crippen molar-refractivity contribution in [3.63, 3.8) is 0 Å². The number of nitrogens with one attached hydrogen (secondary N) is 1. The molecule has 176 valence electrons. The summed E-state index contributed by atoms with van der Waals surface area (Å²) in [6, 6.07) is 30.0. The van der Waals surface area contributed by atoms with Crippen molar-refractivity contribution in [3.8, 4) is 0 Å². The summed E-state index contributed by atoms with van der Waals surface area (Å²) in [5.41, 5.74) is 3.21. The summed E-state index contributed by atoms with van der Waals surface area (Å²) in [5, 5.41) is 1.10. The molecule has 0 aromatic heterocycles. The molecule has 7 heteroatoms. The average molecular weight is 476 g/mol. The first-order valence-corrected chi connectivity index (χ1v) is 12.9. The molecule has 0 aliphatic carbocycles. The van der Waals surface area contributed by atoms with E-state index >= 15 is 0 Å². The fourth-order valence-electron chi connectivity index (χ4n) is 4.17. The van der Waals surface area contributed by atoms with Crippen LogP contribution in [0.15, 0.2) is 96.4 Å². The van der Waals surface area contributed by atoms with E-state index in [9.17, 15) is 13.2 Å². The molecule has 0 bridgehead atoms. The topological polar surface area (TPSA) is 69.7 Å². The zero-order valence-electron chi connectivity index (χ0n) is 19.0. The van der Waals surface area contributed by atoms with Gasteiger partial charge in [-0.3, -0.25) is 9.69 Å². The largest absolute Gasteiger partial charge is 0.339 e. The van der Waals surface area contributed by atoms with Gasteiger partial charge in [0.05, 0.1) is 12.6 Å². The first kappa shape index (κ1) is 23.9. The molecule has 3 aromatic rings. The monoisotopic (exact) mass is 475 g/mol. The number of piperazine rings is 1. The summed E-state index contributed by atoms with van der Waals surface area (Å²) < 4.78 is 26.9. The maximum atomic E-state index is 12.7. The summed E-state index contributed by atoms with van der Waals surface area (Å²) >= 11 is 0. The minimum Gasteiger partial charge on any atom is -0.339 e. The Hall–Kier alpha value is -3.26.